The van der Waals surface area contributed by atoms with Crippen molar-refractivity contribution in [1.29, 1.82) is 0 Å². The summed E-state index contributed by atoms with van der Waals surface area (Å²) in [5.41, 5.74) is 0.336. The van der Waals surface area contributed by atoms with Gasteiger partial charge in [-0.2, -0.15) is 12.7 Å². The van der Waals surface area contributed by atoms with Crippen LogP contribution in [0.25, 0.3) is 22.2 Å². The van der Waals surface area contributed by atoms with Crippen LogP contribution in [-0.4, -0.2) is 47.7 Å². The van der Waals surface area contributed by atoms with Crippen molar-refractivity contribution >= 4 is 32.7 Å². The molecule has 0 bridgehead atoms. The van der Waals surface area contributed by atoms with Crippen LogP contribution in [0.2, 0.25) is 0 Å². The molecule has 1 fully saturated rings. The number of H-pyrrole nitrogens is 1. The van der Waals surface area contributed by atoms with Crippen molar-refractivity contribution in [1.82, 2.24) is 14.3 Å². The number of nitrogens with zero attached hydrogens (tertiary/aromatic N) is 2. The molecule has 2 aromatic heterocycles. The van der Waals surface area contributed by atoms with Crippen LogP contribution in [0, 0.1) is 11.6 Å². The Kier molecular flexibility index (Phi) is 5.81. The highest BCUT2D eigenvalue weighted by molar-refractivity contribution is 7.90. The number of aromatic nitrogens is 2. The molecule has 1 aliphatic rings. The Balaban J connectivity index is 1.52. The second-order valence-corrected chi connectivity index (χ2v) is 9.82. The highest BCUT2D eigenvalue weighted by Gasteiger charge is 2.33. The van der Waals surface area contributed by atoms with E-state index in [4.69, 9.17) is 0 Å². The lowest BCUT2D eigenvalue weighted by Gasteiger charge is -2.18. The molecule has 2 aromatic carbocycles. The molecule has 0 spiro atoms. The van der Waals surface area contributed by atoms with E-state index in [9.17, 15) is 22.0 Å². The Morgan fingerprint density at radius 3 is 2.60 bits per heavy atom. The SMILES string of the molecule is O=C(c1c(F)ccc(NS(=O)(=O)N2CC[C@@H](F)C2)c1F)c1c[nH]c2ncc(-c3ccccc3)cc12. The number of fused-ring (bicyclic) bond motifs is 1. The van der Waals surface area contributed by atoms with E-state index in [2.05, 4.69) is 9.97 Å². The van der Waals surface area contributed by atoms with Gasteiger partial charge in [0.2, 0.25) is 5.78 Å². The Morgan fingerprint density at radius 1 is 1.11 bits per heavy atom. The highest BCUT2D eigenvalue weighted by Crippen LogP contribution is 2.30. The van der Waals surface area contributed by atoms with Gasteiger partial charge in [0.25, 0.3) is 0 Å². The van der Waals surface area contributed by atoms with Gasteiger partial charge in [-0.1, -0.05) is 30.3 Å². The van der Waals surface area contributed by atoms with Crippen LogP contribution in [0.15, 0.2) is 60.9 Å². The van der Waals surface area contributed by atoms with Gasteiger partial charge in [-0.05, 0) is 30.2 Å². The van der Waals surface area contributed by atoms with E-state index < -0.39 is 45.0 Å². The lowest BCUT2D eigenvalue weighted by Crippen LogP contribution is -2.34. The van der Waals surface area contributed by atoms with Gasteiger partial charge in [-0.15, -0.1) is 0 Å². The minimum Gasteiger partial charge on any atom is -0.345 e. The number of halogens is 3. The number of aromatic amines is 1. The summed E-state index contributed by atoms with van der Waals surface area (Å²) in [7, 11) is -4.30. The Bertz CT molecular complexity index is 1540. The van der Waals surface area contributed by atoms with E-state index in [0.717, 1.165) is 22.0 Å². The summed E-state index contributed by atoms with van der Waals surface area (Å²) in [6.07, 6.45) is 1.61. The number of anilines is 1. The fraction of sp³-hybridized carbons (Fsp3) is 0.167. The third-order valence-corrected chi connectivity index (χ3v) is 7.36. The molecule has 3 heterocycles. The van der Waals surface area contributed by atoms with Gasteiger partial charge in [0.15, 0.2) is 5.82 Å². The second-order valence-electron chi connectivity index (χ2n) is 8.15. The predicted molar refractivity (Wildman–Crippen MR) is 125 cm³/mol. The number of carbonyl (C=O) groups is 1. The number of pyridine rings is 1. The van der Waals surface area contributed by atoms with Crippen LogP contribution >= 0.6 is 0 Å². The summed E-state index contributed by atoms with van der Waals surface area (Å²) in [6, 6.07) is 12.6. The second kappa shape index (κ2) is 8.82. The predicted octanol–water partition coefficient (Wildman–Crippen LogP) is 4.44. The van der Waals surface area contributed by atoms with Crippen molar-refractivity contribution in [2.45, 2.75) is 12.6 Å². The largest absolute Gasteiger partial charge is 0.345 e. The van der Waals surface area contributed by atoms with Crippen LogP contribution in [0.4, 0.5) is 18.9 Å². The number of nitrogens with one attached hydrogen (secondary N) is 2. The van der Waals surface area contributed by atoms with Crippen LogP contribution in [0.3, 0.4) is 0 Å². The average molecular weight is 501 g/mol. The smallest absolute Gasteiger partial charge is 0.301 e. The van der Waals surface area contributed by atoms with Crippen LogP contribution in [0.5, 0.6) is 0 Å². The Hall–Kier alpha value is -3.70. The first-order chi connectivity index (χ1) is 16.7. The summed E-state index contributed by atoms with van der Waals surface area (Å²) in [5, 5.41) is 0.354. The summed E-state index contributed by atoms with van der Waals surface area (Å²) in [6.45, 7) is -0.437. The van der Waals surface area contributed by atoms with Gasteiger partial charge in [-0.3, -0.25) is 9.52 Å². The molecule has 2 N–H and O–H groups in total. The maximum absolute atomic E-state index is 15.3. The first-order valence-corrected chi connectivity index (χ1v) is 12.2. The molecule has 0 aliphatic carbocycles. The zero-order valence-electron chi connectivity index (χ0n) is 18.1. The number of carbonyl (C=O) groups excluding carboxylic acids is 1. The molecule has 7 nitrogen and oxygen atoms in total. The van der Waals surface area contributed by atoms with Gasteiger partial charge >= 0.3 is 10.2 Å². The van der Waals surface area contributed by atoms with Gasteiger partial charge in [0.1, 0.15) is 17.6 Å². The van der Waals surface area contributed by atoms with E-state index in [-0.39, 0.29) is 25.1 Å². The number of benzene rings is 2. The maximum atomic E-state index is 15.3. The van der Waals surface area contributed by atoms with Crippen LogP contribution < -0.4 is 4.72 Å². The van der Waals surface area contributed by atoms with Crippen molar-refractivity contribution < 1.29 is 26.4 Å². The summed E-state index contributed by atoms with van der Waals surface area (Å²) >= 11 is 0. The molecule has 35 heavy (non-hydrogen) atoms. The fourth-order valence-electron chi connectivity index (χ4n) is 4.06. The third kappa shape index (κ3) is 4.28. The maximum Gasteiger partial charge on any atom is 0.301 e. The minimum atomic E-state index is -4.30. The summed E-state index contributed by atoms with van der Waals surface area (Å²) < 4.78 is 71.3. The minimum absolute atomic E-state index is 0.0239. The molecule has 0 radical (unpaired) electrons. The summed E-state index contributed by atoms with van der Waals surface area (Å²) in [4.78, 5) is 20.4. The van der Waals surface area contributed by atoms with Crippen LogP contribution in [0.1, 0.15) is 22.3 Å². The monoisotopic (exact) mass is 500 g/mol. The summed E-state index contributed by atoms with van der Waals surface area (Å²) in [5.74, 6) is -3.50. The normalized spacial score (nSPS) is 16.6. The molecule has 180 valence electrons. The van der Waals surface area contributed by atoms with Crippen LogP contribution in [-0.2, 0) is 10.2 Å². The third-order valence-electron chi connectivity index (χ3n) is 5.87. The number of hydrogen-bond acceptors (Lipinski definition) is 4. The van der Waals surface area contributed by atoms with E-state index in [0.29, 0.717) is 16.6 Å². The van der Waals surface area contributed by atoms with Crippen molar-refractivity contribution in [3.05, 3.63) is 83.7 Å². The number of hydrogen-bond donors (Lipinski definition) is 2. The lowest BCUT2D eigenvalue weighted by atomic mass is 10.00. The molecule has 1 saturated heterocycles. The fourth-order valence-corrected chi connectivity index (χ4v) is 5.33. The van der Waals surface area contributed by atoms with Gasteiger partial charge < -0.3 is 4.98 Å². The van der Waals surface area contributed by atoms with Crippen molar-refractivity contribution in [2.24, 2.45) is 0 Å². The van der Waals surface area contributed by atoms with E-state index in [1.807, 2.05) is 35.1 Å². The van der Waals surface area contributed by atoms with Crippen molar-refractivity contribution in [3.8, 4) is 11.1 Å². The molecular weight excluding hydrogens is 481 g/mol. The van der Waals surface area contributed by atoms with Gasteiger partial charge in [-0.25, -0.2) is 18.2 Å². The molecule has 5 rings (SSSR count). The molecule has 1 aliphatic heterocycles. The van der Waals surface area contributed by atoms with Gasteiger partial charge in [0.05, 0.1) is 11.3 Å². The average Bonchev–Trinajstić information content (AvgIpc) is 3.48. The quantitative estimate of drug-likeness (QED) is 0.383. The van der Waals surface area contributed by atoms with Crippen molar-refractivity contribution in [2.75, 3.05) is 17.8 Å². The van der Waals surface area contributed by atoms with E-state index in [1.165, 1.54) is 6.20 Å². The lowest BCUT2D eigenvalue weighted by molar-refractivity contribution is 0.103. The molecule has 11 heteroatoms. The topological polar surface area (TPSA) is 95.2 Å². The number of rotatable bonds is 6. The number of ketones is 1. The first kappa shape index (κ1) is 23.1. The molecule has 0 unspecified atom stereocenters. The Morgan fingerprint density at radius 2 is 1.89 bits per heavy atom. The standard InChI is InChI=1S/C24H19F3N4O3S/c25-16-8-9-31(13-16)35(33,34)30-20-7-6-19(26)21(22(20)27)23(32)18-12-29-24-17(18)10-15(11-28-24)14-4-2-1-3-5-14/h1-7,10-12,16,30H,8-9,13H2,(H,28,29)/t16-/m1/s1. The molecule has 0 saturated carbocycles. The Labute approximate surface area is 198 Å². The van der Waals surface area contributed by atoms with E-state index in [1.54, 1.807) is 12.3 Å². The first-order valence-electron chi connectivity index (χ1n) is 10.7. The number of alkyl halides is 1. The molecule has 4 aromatic rings. The zero-order valence-corrected chi connectivity index (χ0v) is 18.9. The molecular formula is C24H19F3N4O3S. The van der Waals surface area contributed by atoms with Crippen molar-refractivity contribution in [3.63, 3.8) is 0 Å². The highest BCUT2D eigenvalue weighted by atomic mass is 32.2. The van der Waals surface area contributed by atoms with E-state index >= 15 is 4.39 Å². The zero-order chi connectivity index (χ0) is 24.7. The van der Waals surface area contributed by atoms with Gasteiger partial charge in [0, 0.05) is 42.0 Å². The molecule has 1 atom stereocenters. The molecule has 0 amide bonds.